The van der Waals surface area contributed by atoms with Crippen molar-refractivity contribution in [3.05, 3.63) is 0 Å². The van der Waals surface area contributed by atoms with E-state index in [-0.39, 0.29) is 0 Å². The van der Waals surface area contributed by atoms with E-state index in [1.54, 1.807) is 38.5 Å². The first kappa shape index (κ1) is 29.5. The standard InChI is InChI=1S/C29H60P3/c1-32(2,3)26-20-12-10-8-6-4-5-7-9-11-19-25-29(30-27-21-15-13-16-22-27)31-28-23-17-14-18-24-28/h27-31H,4-26H2,1-3H3/q+1. The molecule has 0 saturated heterocycles. The van der Waals surface area contributed by atoms with Gasteiger partial charge < -0.3 is 0 Å². The van der Waals surface area contributed by atoms with Gasteiger partial charge in [0.1, 0.15) is 0 Å². The Bertz CT molecular complexity index is 399. The molecule has 0 heterocycles. The third-order valence-electron chi connectivity index (χ3n) is 7.91. The zero-order valence-electron chi connectivity index (χ0n) is 22.4. The normalized spacial score (nSPS) is 20.7. The lowest BCUT2D eigenvalue weighted by molar-refractivity contribution is 0.508. The molecule has 0 aromatic carbocycles. The predicted molar refractivity (Wildman–Crippen MR) is 159 cm³/mol. The third kappa shape index (κ3) is 16.1. The topological polar surface area (TPSA) is 0 Å². The van der Waals surface area contributed by atoms with Gasteiger partial charge in [-0.25, -0.2) is 0 Å². The van der Waals surface area contributed by atoms with Gasteiger partial charge in [0.25, 0.3) is 0 Å². The van der Waals surface area contributed by atoms with E-state index in [0.717, 1.165) is 16.7 Å². The second-order valence-corrected chi connectivity index (χ2v) is 21.5. The van der Waals surface area contributed by atoms with Crippen LogP contribution in [-0.4, -0.2) is 42.9 Å². The van der Waals surface area contributed by atoms with Crippen molar-refractivity contribution in [2.24, 2.45) is 0 Å². The van der Waals surface area contributed by atoms with Crippen LogP contribution in [0, 0.1) is 0 Å². The largest absolute Gasteiger partial charge is 0.111 e. The molecule has 0 spiro atoms. The van der Waals surface area contributed by atoms with Crippen molar-refractivity contribution in [2.75, 3.05) is 26.2 Å². The first-order chi connectivity index (χ1) is 15.5. The van der Waals surface area contributed by atoms with Gasteiger partial charge in [0.05, 0.1) is 6.16 Å². The van der Waals surface area contributed by atoms with E-state index in [1.165, 1.54) is 126 Å². The fraction of sp³-hybridized carbons (Fsp3) is 1.00. The summed E-state index contributed by atoms with van der Waals surface area (Å²) >= 11 is 0. The lowest BCUT2D eigenvalue weighted by atomic mass is 10.0. The van der Waals surface area contributed by atoms with Crippen LogP contribution in [-0.2, 0) is 0 Å². The summed E-state index contributed by atoms with van der Waals surface area (Å²) in [5.74, 6) is 0. The number of hydrogen-bond acceptors (Lipinski definition) is 0. The van der Waals surface area contributed by atoms with Crippen LogP contribution in [0.3, 0.4) is 0 Å². The molecule has 2 unspecified atom stereocenters. The van der Waals surface area contributed by atoms with Gasteiger partial charge in [0.15, 0.2) is 0 Å². The number of rotatable bonds is 18. The van der Waals surface area contributed by atoms with Crippen molar-refractivity contribution in [1.82, 2.24) is 0 Å². The van der Waals surface area contributed by atoms with Crippen molar-refractivity contribution in [3.8, 4) is 0 Å². The van der Waals surface area contributed by atoms with E-state index in [1.807, 2.05) is 0 Å². The van der Waals surface area contributed by atoms with Gasteiger partial charge in [0, 0.05) is 27.3 Å². The highest BCUT2D eigenvalue weighted by Gasteiger charge is 2.23. The van der Waals surface area contributed by atoms with E-state index >= 15 is 0 Å². The molecule has 0 bridgehead atoms. The van der Waals surface area contributed by atoms with Crippen LogP contribution in [0.15, 0.2) is 0 Å². The van der Waals surface area contributed by atoms with Crippen molar-refractivity contribution in [3.63, 3.8) is 0 Å². The lowest BCUT2D eigenvalue weighted by Gasteiger charge is -2.31. The number of hydrogen-bond donors (Lipinski definition) is 0. The molecule has 0 aliphatic heterocycles. The summed E-state index contributed by atoms with van der Waals surface area (Å²) in [6, 6.07) is 0. The van der Waals surface area contributed by atoms with Crippen LogP contribution in [0.1, 0.15) is 141 Å². The van der Waals surface area contributed by atoms with Gasteiger partial charge in [-0.2, -0.15) is 0 Å². The highest BCUT2D eigenvalue weighted by Crippen LogP contribution is 2.49. The molecule has 0 radical (unpaired) electrons. The van der Waals surface area contributed by atoms with Crippen LogP contribution in [0.25, 0.3) is 0 Å². The molecule has 3 heteroatoms. The van der Waals surface area contributed by atoms with Crippen LogP contribution in [0.4, 0.5) is 0 Å². The van der Waals surface area contributed by atoms with Crippen LogP contribution in [0.5, 0.6) is 0 Å². The minimum absolute atomic E-state index is 0.521. The summed E-state index contributed by atoms with van der Waals surface area (Å²) in [5, 5.41) is 1.13. The fourth-order valence-corrected chi connectivity index (χ4v) is 12.2. The molecule has 2 fully saturated rings. The maximum absolute atomic E-state index is 2.49. The minimum atomic E-state index is -0.521. The highest BCUT2D eigenvalue weighted by molar-refractivity contribution is 7.73. The first-order valence-electron chi connectivity index (χ1n) is 14.9. The second kappa shape index (κ2) is 18.5. The molecule has 2 aliphatic carbocycles. The third-order valence-corrected chi connectivity index (χ3v) is 14.0. The predicted octanol–water partition coefficient (Wildman–Crippen LogP) is 10.9. The van der Waals surface area contributed by atoms with Gasteiger partial charge in [-0.15, -0.1) is 17.2 Å². The second-order valence-electron chi connectivity index (χ2n) is 12.2. The molecule has 2 rings (SSSR count). The Balaban J connectivity index is 1.46. The van der Waals surface area contributed by atoms with Crippen LogP contribution >= 0.6 is 24.4 Å². The first-order valence-corrected chi connectivity index (χ1v) is 20.5. The summed E-state index contributed by atoms with van der Waals surface area (Å²) in [6.07, 6.45) is 35.1. The molecule has 190 valence electrons. The smallest absolute Gasteiger partial charge is 0.0586 e. The monoisotopic (exact) mass is 501 g/mol. The average molecular weight is 502 g/mol. The van der Waals surface area contributed by atoms with Gasteiger partial charge >= 0.3 is 0 Å². The van der Waals surface area contributed by atoms with Gasteiger partial charge in [-0.05, 0) is 61.7 Å². The zero-order chi connectivity index (χ0) is 22.9. The van der Waals surface area contributed by atoms with Gasteiger partial charge in [0.2, 0.25) is 0 Å². The molecule has 0 aromatic rings. The molecule has 0 aromatic heterocycles. The van der Waals surface area contributed by atoms with E-state index in [0.29, 0.717) is 0 Å². The van der Waals surface area contributed by atoms with E-state index in [9.17, 15) is 0 Å². The Hall–Kier alpha value is 1.29. The van der Waals surface area contributed by atoms with Gasteiger partial charge in [-0.3, -0.25) is 0 Å². The average Bonchev–Trinajstić information content (AvgIpc) is 2.77. The molecule has 2 atom stereocenters. The Kier molecular flexibility index (Phi) is 17.1. The molecule has 0 N–H and O–H groups in total. The molecular formula is C29H60P3+. The highest BCUT2D eigenvalue weighted by atomic mass is 31.2. The van der Waals surface area contributed by atoms with E-state index in [4.69, 9.17) is 0 Å². The van der Waals surface area contributed by atoms with Crippen LogP contribution in [0.2, 0.25) is 0 Å². The van der Waals surface area contributed by atoms with Crippen LogP contribution < -0.4 is 0 Å². The van der Waals surface area contributed by atoms with Crippen molar-refractivity contribution in [2.45, 2.75) is 158 Å². The van der Waals surface area contributed by atoms with Crippen molar-refractivity contribution in [1.29, 1.82) is 0 Å². The molecule has 32 heavy (non-hydrogen) atoms. The zero-order valence-corrected chi connectivity index (χ0v) is 25.3. The summed E-state index contributed by atoms with van der Waals surface area (Å²) < 4.78 is 0. The Morgan fingerprint density at radius 1 is 0.531 bits per heavy atom. The molecule has 2 saturated carbocycles. The maximum atomic E-state index is 2.49. The summed E-state index contributed by atoms with van der Waals surface area (Å²) in [6.45, 7) is 7.46. The van der Waals surface area contributed by atoms with Crippen molar-refractivity contribution < 1.29 is 0 Å². The van der Waals surface area contributed by atoms with Gasteiger partial charge in [-0.1, -0.05) is 96.3 Å². The molecule has 2 aliphatic rings. The Morgan fingerprint density at radius 3 is 1.31 bits per heavy atom. The molecular weight excluding hydrogens is 441 g/mol. The summed E-state index contributed by atoms with van der Waals surface area (Å²) in [5.41, 5.74) is 2.25. The number of unbranched alkanes of at least 4 members (excludes halogenated alkanes) is 10. The summed E-state index contributed by atoms with van der Waals surface area (Å²) in [7, 11) is 2.12. The Labute approximate surface area is 208 Å². The van der Waals surface area contributed by atoms with E-state index < -0.39 is 7.26 Å². The molecule has 0 nitrogen and oxygen atoms in total. The molecule has 0 amide bonds. The van der Waals surface area contributed by atoms with Crippen molar-refractivity contribution >= 4 is 24.4 Å². The summed E-state index contributed by atoms with van der Waals surface area (Å²) in [4.78, 5) is 0. The SMILES string of the molecule is C[P+](C)(C)CCCCCCCCCCCCCC(PC1CCCCC1)PC1CCCCC1. The lowest BCUT2D eigenvalue weighted by Crippen LogP contribution is -2.14. The maximum Gasteiger partial charge on any atom is 0.0586 e. The minimum Gasteiger partial charge on any atom is -0.111 e. The Morgan fingerprint density at radius 2 is 0.906 bits per heavy atom. The quantitative estimate of drug-likeness (QED) is 0.129. The van der Waals surface area contributed by atoms with E-state index in [2.05, 4.69) is 20.0 Å². The fourth-order valence-electron chi connectivity index (χ4n) is 5.85.